The minimum atomic E-state index is -0.304. The molecule has 17 heavy (non-hydrogen) atoms. The summed E-state index contributed by atoms with van der Waals surface area (Å²) in [6, 6.07) is 3.63. The molecule has 0 unspecified atom stereocenters. The van der Waals surface area contributed by atoms with E-state index < -0.39 is 0 Å². The van der Waals surface area contributed by atoms with Crippen LogP contribution < -0.4 is 0 Å². The number of thioether (sulfide) groups is 1. The number of rotatable bonds is 5. The molecule has 0 aromatic carbocycles. The molecular formula is C12H14O3S2. The first-order valence-electron chi connectivity index (χ1n) is 5.11. The highest BCUT2D eigenvalue weighted by Crippen LogP contribution is 2.19. The highest BCUT2D eigenvalue weighted by atomic mass is 32.2. The van der Waals surface area contributed by atoms with Gasteiger partial charge in [-0.05, 0) is 24.6 Å². The van der Waals surface area contributed by atoms with Crippen LogP contribution in [-0.2, 0) is 9.53 Å². The van der Waals surface area contributed by atoms with Crippen molar-refractivity contribution in [3.05, 3.63) is 28.0 Å². The van der Waals surface area contributed by atoms with E-state index in [9.17, 15) is 9.59 Å². The van der Waals surface area contributed by atoms with Crippen LogP contribution in [-0.4, -0.2) is 23.9 Å². The normalized spacial score (nSPS) is 10.7. The van der Waals surface area contributed by atoms with E-state index in [-0.39, 0.29) is 11.1 Å². The number of esters is 1. The molecule has 5 heteroatoms. The maximum Gasteiger partial charge on any atom is 0.348 e. The first kappa shape index (κ1) is 14.0. The lowest BCUT2D eigenvalue weighted by Gasteiger charge is -1.92. The summed E-state index contributed by atoms with van der Waals surface area (Å²) in [6.07, 6.45) is 4.80. The molecule has 1 rings (SSSR count). The Morgan fingerprint density at radius 3 is 2.88 bits per heavy atom. The summed E-state index contributed by atoms with van der Waals surface area (Å²) in [5, 5.41) is 0.141. The standard InChI is InChI=1S/C12H14O3S2/c1-9(13)16-8-4-3-5-10-6-7-11(17-10)12(14)15-2/h3,5-7H,4,8H2,1-2H3. The van der Waals surface area contributed by atoms with Gasteiger partial charge in [-0.25, -0.2) is 4.79 Å². The second-order valence-corrected chi connectivity index (χ2v) is 5.61. The van der Waals surface area contributed by atoms with Gasteiger partial charge in [0.1, 0.15) is 4.88 Å². The molecule has 0 aliphatic heterocycles. The minimum absolute atomic E-state index is 0.141. The Labute approximate surface area is 109 Å². The Morgan fingerprint density at radius 1 is 1.47 bits per heavy atom. The van der Waals surface area contributed by atoms with E-state index in [0.717, 1.165) is 17.1 Å². The van der Waals surface area contributed by atoms with E-state index in [1.807, 2.05) is 18.2 Å². The lowest BCUT2D eigenvalue weighted by Crippen LogP contribution is -1.96. The molecule has 0 radical (unpaired) electrons. The predicted octanol–water partition coefficient (Wildman–Crippen LogP) is 3.22. The van der Waals surface area contributed by atoms with Crippen LogP contribution in [0.1, 0.15) is 27.9 Å². The van der Waals surface area contributed by atoms with Crippen molar-refractivity contribution >= 4 is 40.3 Å². The van der Waals surface area contributed by atoms with Crippen molar-refractivity contribution in [2.24, 2.45) is 0 Å². The molecule has 0 aliphatic carbocycles. The van der Waals surface area contributed by atoms with Gasteiger partial charge < -0.3 is 4.74 Å². The summed E-state index contributed by atoms with van der Waals surface area (Å²) in [5.41, 5.74) is 0. The first-order valence-corrected chi connectivity index (χ1v) is 6.91. The fraction of sp³-hybridized carbons (Fsp3) is 0.333. The highest BCUT2D eigenvalue weighted by molar-refractivity contribution is 8.13. The fourth-order valence-corrected chi connectivity index (χ4v) is 2.52. The topological polar surface area (TPSA) is 43.4 Å². The van der Waals surface area contributed by atoms with Crippen molar-refractivity contribution < 1.29 is 14.3 Å². The zero-order chi connectivity index (χ0) is 12.7. The van der Waals surface area contributed by atoms with Crippen LogP contribution in [0, 0.1) is 0 Å². The molecule has 0 saturated heterocycles. The molecule has 0 N–H and O–H groups in total. The molecule has 0 aliphatic rings. The van der Waals surface area contributed by atoms with Crippen LogP contribution in [0.25, 0.3) is 6.08 Å². The van der Waals surface area contributed by atoms with E-state index in [1.165, 1.54) is 30.2 Å². The van der Waals surface area contributed by atoms with E-state index in [2.05, 4.69) is 4.74 Å². The third kappa shape index (κ3) is 5.19. The molecule has 1 heterocycles. The van der Waals surface area contributed by atoms with Crippen molar-refractivity contribution in [1.29, 1.82) is 0 Å². The van der Waals surface area contributed by atoms with Crippen molar-refractivity contribution in [3.63, 3.8) is 0 Å². The van der Waals surface area contributed by atoms with Crippen molar-refractivity contribution in [1.82, 2.24) is 0 Å². The second-order valence-electron chi connectivity index (χ2n) is 3.22. The molecule has 0 amide bonds. The summed E-state index contributed by atoms with van der Waals surface area (Å²) in [6.45, 7) is 1.57. The Bertz CT molecular complexity index is 421. The van der Waals surface area contributed by atoms with Gasteiger partial charge in [-0.1, -0.05) is 17.8 Å². The van der Waals surface area contributed by atoms with Crippen LogP contribution in [0.15, 0.2) is 18.2 Å². The average molecular weight is 270 g/mol. The quantitative estimate of drug-likeness (QED) is 0.608. The third-order valence-electron chi connectivity index (χ3n) is 1.89. The van der Waals surface area contributed by atoms with Crippen molar-refractivity contribution in [3.8, 4) is 0 Å². The molecule has 0 spiro atoms. The summed E-state index contributed by atoms with van der Waals surface area (Å²) in [7, 11) is 1.37. The van der Waals surface area contributed by atoms with Crippen LogP contribution in [0.4, 0.5) is 0 Å². The second kappa shape index (κ2) is 7.29. The number of carbonyl (C=O) groups is 2. The Balaban J connectivity index is 2.41. The number of hydrogen-bond donors (Lipinski definition) is 0. The van der Waals surface area contributed by atoms with E-state index in [4.69, 9.17) is 0 Å². The van der Waals surface area contributed by atoms with Crippen LogP contribution in [0.2, 0.25) is 0 Å². The summed E-state index contributed by atoms with van der Waals surface area (Å²) in [5.74, 6) is 0.489. The van der Waals surface area contributed by atoms with E-state index >= 15 is 0 Å². The van der Waals surface area contributed by atoms with Gasteiger partial charge in [0.05, 0.1) is 7.11 Å². The zero-order valence-corrected chi connectivity index (χ0v) is 11.4. The van der Waals surface area contributed by atoms with Crippen LogP contribution in [0.5, 0.6) is 0 Å². The van der Waals surface area contributed by atoms with Crippen molar-refractivity contribution in [2.75, 3.05) is 12.9 Å². The van der Waals surface area contributed by atoms with E-state index in [0.29, 0.717) is 4.88 Å². The zero-order valence-electron chi connectivity index (χ0n) is 9.76. The molecule has 0 fully saturated rings. The van der Waals surface area contributed by atoms with Crippen molar-refractivity contribution in [2.45, 2.75) is 13.3 Å². The predicted molar refractivity (Wildman–Crippen MR) is 72.4 cm³/mol. The monoisotopic (exact) mass is 270 g/mol. The number of ether oxygens (including phenoxy) is 1. The molecule has 3 nitrogen and oxygen atoms in total. The first-order chi connectivity index (χ1) is 8.13. The third-order valence-corrected chi connectivity index (χ3v) is 3.76. The van der Waals surface area contributed by atoms with Gasteiger partial charge in [0, 0.05) is 17.6 Å². The summed E-state index contributed by atoms with van der Waals surface area (Å²) < 4.78 is 4.63. The molecule has 1 aromatic heterocycles. The minimum Gasteiger partial charge on any atom is -0.465 e. The Hall–Kier alpha value is -1.07. The van der Waals surface area contributed by atoms with Gasteiger partial charge in [0.2, 0.25) is 0 Å². The van der Waals surface area contributed by atoms with Gasteiger partial charge in [0.15, 0.2) is 5.12 Å². The van der Waals surface area contributed by atoms with Crippen LogP contribution in [0.3, 0.4) is 0 Å². The van der Waals surface area contributed by atoms with Gasteiger partial charge in [-0.15, -0.1) is 11.3 Å². The average Bonchev–Trinajstić information content (AvgIpc) is 2.76. The molecule has 1 aromatic rings. The molecular weight excluding hydrogens is 256 g/mol. The highest BCUT2D eigenvalue weighted by Gasteiger charge is 2.06. The lowest BCUT2D eigenvalue weighted by molar-refractivity contribution is -0.109. The molecule has 0 bridgehead atoms. The van der Waals surface area contributed by atoms with E-state index in [1.54, 1.807) is 13.0 Å². The lowest BCUT2D eigenvalue weighted by atomic mass is 10.3. The summed E-state index contributed by atoms with van der Waals surface area (Å²) >= 11 is 2.71. The number of hydrogen-bond acceptors (Lipinski definition) is 5. The molecule has 0 atom stereocenters. The maximum atomic E-state index is 11.2. The molecule has 92 valence electrons. The number of thiophene rings is 1. The Kier molecular flexibility index (Phi) is 6.00. The molecule has 0 saturated carbocycles. The van der Waals surface area contributed by atoms with Gasteiger partial charge in [-0.2, -0.15) is 0 Å². The summed E-state index contributed by atoms with van der Waals surface area (Å²) in [4.78, 5) is 23.5. The fourth-order valence-electron chi connectivity index (χ4n) is 1.12. The smallest absolute Gasteiger partial charge is 0.348 e. The largest absolute Gasteiger partial charge is 0.465 e. The SMILES string of the molecule is COC(=O)c1ccc(C=CCCSC(C)=O)s1. The number of methoxy groups -OCH3 is 1. The van der Waals surface area contributed by atoms with Gasteiger partial charge in [-0.3, -0.25) is 4.79 Å². The maximum absolute atomic E-state index is 11.2. The van der Waals surface area contributed by atoms with Gasteiger partial charge in [0.25, 0.3) is 0 Å². The number of allylic oxidation sites excluding steroid dienone is 1. The van der Waals surface area contributed by atoms with Gasteiger partial charge >= 0.3 is 5.97 Å². The van der Waals surface area contributed by atoms with Crippen LogP contribution >= 0.6 is 23.1 Å². The Morgan fingerprint density at radius 2 is 2.24 bits per heavy atom. The number of carbonyl (C=O) groups excluding carboxylic acids is 2.